The second-order valence-corrected chi connectivity index (χ2v) is 5.06. The van der Waals surface area contributed by atoms with E-state index in [1.165, 1.54) is 0 Å². The van der Waals surface area contributed by atoms with Gasteiger partial charge >= 0.3 is 0 Å². The first-order valence-electron chi connectivity index (χ1n) is 7.45. The highest BCUT2D eigenvalue weighted by atomic mass is 16.2. The van der Waals surface area contributed by atoms with Gasteiger partial charge < -0.3 is 15.5 Å². The van der Waals surface area contributed by atoms with Crippen LogP contribution in [0.3, 0.4) is 0 Å². The monoisotopic (exact) mass is 290 g/mol. The summed E-state index contributed by atoms with van der Waals surface area (Å²) in [5.74, 6) is -0.188. The predicted molar refractivity (Wildman–Crippen MR) is 81.1 cm³/mol. The molecule has 0 spiro atoms. The first-order valence-corrected chi connectivity index (χ1v) is 7.45. The molecule has 0 aromatic carbocycles. The van der Waals surface area contributed by atoms with E-state index in [1.54, 1.807) is 23.4 Å². The molecule has 2 N–H and O–H groups in total. The van der Waals surface area contributed by atoms with Crippen molar-refractivity contribution in [2.24, 2.45) is 0 Å². The Morgan fingerprint density at radius 2 is 2.33 bits per heavy atom. The van der Waals surface area contributed by atoms with Gasteiger partial charge in [0.15, 0.2) is 0 Å². The Balaban J connectivity index is 2.24. The van der Waals surface area contributed by atoms with Gasteiger partial charge in [-0.1, -0.05) is 13.8 Å². The molecule has 1 aliphatic rings. The maximum absolute atomic E-state index is 12.8. The van der Waals surface area contributed by atoms with Crippen LogP contribution < -0.4 is 10.6 Å². The molecule has 1 aliphatic heterocycles. The zero-order chi connectivity index (χ0) is 15.2. The van der Waals surface area contributed by atoms with Crippen LogP contribution in [0.15, 0.2) is 18.5 Å². The van der Waals surface area contributed by atoms with Crippen molar-refractivity contribution in [2.45, 2.75) is 32.7 Å². The number of carbonyl (C=O) groups is 2. The van der Waals surface area contributed by atoms with Crippen molar-refractivity contribution in [3.63, 3.8) is 0 Å². The summed E-state index contributed by atoms with van der Waals surface area (Å²) in [6.07, 6.45) is 4.84. The molecule has 1 aromatic rings. The summed E-state index contributed by atoms with van der Waals surface area (Å²) in [6.45, 7) is 5.80. The van der Waals surface area contributed by atoms with E-state index in [4.69, 9.17) is 0 Å². The van der Waals surface area contributed by atoms with Gasteiger partial charge in [0.25, 0.3) is 5.91 Å². The van der Waals surface area contributed by atoms with Crippen LogP contribution in [0.1, 0.15) is 37.0 Å². The van der Waals surface area contributed by atoms with E-state index in [1.807, 2.05) is 6.92 Å². The van der Waals surface area contributed by atoms with E-state index >= 15 is 0 Å². The zero-order valence-electron chi connectivity index (χ0n) is 12.6. The number of aromatic nitrogens is 1. The van der Waals surface area contributed by atoms with E-state index in [9.17, 15) is 9.59 Å². The molecule has 6 heteroatoms. The van der Waals surface area contributed by atoms with Gasteiger partial charge in [-0.3, -0.25) is 14.6 Å². The Labute approximate surface area is 124 Å². The normalized spacial score (nSPS) is 18.3. The summed E-state index contributed by atoms with van der Waals surface area (Å²) in [5, 5.41) is 6.02. The second kappa shape index (κ2) is 7.06. The molecule has 0 radical (unpaired) electrons. The Morgan fingerprint density at radius 3 is 3.05 bits per heavy atom. The predicted octanol–water partition coefficient (Wildman–Crippen LogP) is 1.25. The average molecular weight is 290 g/mol. The molecule has 1 atom stereocenters. The van der Waals surface area contributed by atoms with Gasteiger partial charge in [0.2, 0.25) is 5.91 Å². The molecule has 1 fully saturated rings. The second-order valence-electron chi connectivity index (χ2n) is 5.06. The van der Waals surface area contributed by atoms with Crippen LogP contribution >= 0.6 is 0 Å². The number of nitrogens with one attached hydrogen (secondary N) is 2. The SMILES string of the molecule is CCCNc1cnccc1C(=O)N1CCNC(=O)C1CC. The summed E-state index contributed by atoms with van der Waals surface area (Å²) in [6, 6.07) is 1.32. The van der Waals surface area contributed by atoms with E-state index in [0.29, 0.717) is 25.1 Å². The van der Waals surface area contributed by atoms with E-state index < -0.39 is 6.04 Å². The fourth-order valence-corrected chi connectivity index (χ4v) is 2.50. The number of nitrogens with zero attached hydrogens (tertiary/aromatic N) is 2. The fraction of sp³-hybridized carbons (Fsp3) is 0.533. The highest BCUT2D eigenvalue weighted by molar-refractivity contribution is 6.02. The first kappa shape index (κ1) is 15.3. The molecule has 1 aromatic heterocycles. The van der Waals surface area contributed by atoms with Crippen molar-refractivity contribution >= 4 is 17.5 Å². The molecule has 0 saturated carbocycles. The van der Waals surface area contributed by atoms with Gasteiger partial charge in [-0.2, -0.15) is 0 Å². The first-order chi connectivity index (χ1) is 10.2. The Hall–Kier alpha value is -2.11. The number of pyridine rings is 1. The number of rotatable bonds is 5. The van der Waals surface area contributed by atoms with Crippen LogP contribution in [0.2, 0.25) is 0 Å². The maximum atomic E-state index is 12.8. The Morgan fingerprint density at radius 1 is 1.52 bits per heavy atom. The number of hydrogen-bond donors (Lipinski definition) is 2. The smallest absolute Gasteiger partial charge is 0.256 e. The minimum Gasteiger partial charge on any atom is -0.383 e. The topological polar surface area (TPSA) is 74.3 Å². The third kappa shape index (κ3) is 3.32. The summed E-state index contributed by atoms with van der Waals surface area (Å²) >= 11 is 0. The number of anilines is 1. The van der Waals surface area contributed by atoms with E-state index in [-0.39, 0.29) is 11.8 Å². The van der Waals surface area contributed by atoms with Gasteiger partial charge in [-0.05, 0) is 18.9 Å². The van der Waals surface area contributed by atoms with Crippen LogP contribution in [-0.2, 0) is 4.79 Å². The lowest BCUT2D eigenvalue weighted by molar-refractivity contribution is -0.127. The molecular weight excluding hydrogens is 268 g/mol. The van der Waals surface area contributed by atoms with Crippen LogP contribution in [-0.4, -0.2) is 47.4 Å². The van der Waals surface area contributed by atoms with Crippen molar-refractivity contribution in [3.8, 4) is 0 Å². The van der Waals surface area contributed by atoms with Crippen molar-refractivity contribution in [2.75, 3.05) is 25.0 Å². The van der Waals surface area contributed by atoms with Crippen molar-refractivity contribution in [1.82, 2.24) is 15.2 Å². The molecule has 1 unspecified atom stereocenters. The minimum atomic E-state index is -0.390. The van der Waals surface area contributed by atoms with Crippen molar-refractivity contribution in [3.05, 3.63) is 24.0 Å². The van der Waals surface area contributed by atoms with Gasteiger partial charge in [0, 0.05) is 25.8 Å². The summed E-state index contributed by atoms with van der Waals surface area (Å²) in [4.78, 5) is 30.4. The van der Waals surface area contributed by atoms with Gasteiger partial charge in [0.05, 0.1) is 17.4 Å². The lowest BCUT2D eigenvalue weighted by atomic mass is 10.1. The Bertz CT molecular complexity index is 518. The molecule has 2 heterocycles. The van der Waals surface area contributed by atoms with E-state index in [2.05, 4.69) is 22.5 Å². The molecule has 1 saturated heterocycles. The average Bonchev–Trinajstić information content (AvgIpc) is 2.52. The molecule has 114 valence electrons. The van der Waals surface area contributed by atoms with Crippen LogP contribution in [0.5, 0.6) is 0 Å². The molecular formula is C15H22N4O2. The quantitative estimate of drug-likeness (QED) is 0.856. The fourth-order valence-electron chi connectivity index (χ4n) is 2.50. The molecule has 2 rings (SSSR count). The Kier molecular flexibility index (Phi) is 5.14. The molecule has 6 nitrogen and oxygen atoms in total. The number of piperazine rings is 1. The van der Waals surface area contributed by atoms with Crippen molar-refractivity contribution in [1.29, 1.82) is 0 Å². The highest BCUT2D eigenvalue weighted by Gasteiger charge is 2.32. The molecule has 0 bridgehead atoms. The summed E-state index contributed by atoms with van der Waals surface area (Å²) in [7, 11) is 0. The van der Waals surface area contributed by atoms with Crippen LogP contribution in [0.4, 0.5) is 5.69 Å². The standard InChI is InChI=1S/C15H22N4O2/c1-3-6-17-12-10-16-7-5-11(12)15(21)19-9-8-18-14(20)13(19)4-2/h5,7,10,13,17H,3-4,6,8-9H2,1-2H3,(H,18,20). The van der Waals surface area contributed by atoms with E-state index in [0.717, 1.165) is 18.7 Å². The molecule has 21 heavy (non-hydrogen) atoms. The van der Waals surface area contributed by atoms with Gasteiger partial charge in [0.1, 0.15) is 6.04 Å². The van der Waals surface area contributed by atoms with Crippen LogP contribution in [0.25, 0.3) is 0 Å². The van der Waals surface area contributed by atoms with Gasteiger partial charge in [-0.25, -0.2) is 0 Å². The number of amides is 2. The summed E-state index contributed by atoms with van der Waals surface area (Å²) < 4.78 is 0. The number of carbonyl (C=O) groups excluding carboxylic acids is 2. The lowest BCUT2D eigenvalue weighted by Crippen LogP contribution is -2.57. The maximum Gasteiger partial charge on any atom is 0.256 e. The van der Waals surface area contributed by atoms with Crippen molar-refractivity contribution < 1.29 is 9.59 Å². The number of hydrogen-bond acceptors (Lipinski definition) is 4. The third-order valence-electron chi connectivity index (χ3n) is 3.60. The zero-order valence-corrected chi connectivity index (χ0v) is 12.6. The van der Waals surface area contributed by atoms with Gasteiger partial charge in [-0.15, -0.1) is 0 Å². The summed E-state index contributed by atoms with van der Waals surface area (Å²) in [5.41, 5.74) is 1.30. The lowest BCUT2D eigenvalue weighted by Gasteiger charge is -2.34. The molecule has 0 aliphatic carbocycles. The van der Waals surface area contributed by atoms with Crippen LogP contribution in [0, 0.1) is 0 Å². The third-order valence-corrected chi connectivity index (χ3v) is 3.60. The largest absolute Gasteiger partial charge is 0.383 e. The minimum absolute atomic E-state index is 0.0748. The molecule has 2 amide bonds. The highest BCUT2D eigenvalue weighted by Crippen LogP contribution is 2.19.